The van der Waals surface area contributed by atoms with E-state index in [0.717, 1.165) is 0 Å². The van der Waals surface area contributed by atoms with Crippen LogP contribution < -0.4 is 0 Å². The summed E-state index contributed by atoms with van der Waals surface area (Å²) < 4.78 is 0. The molecule has 0 bridgehead atoms. The van der Waals surface area contributed by atoms with E-state index in [4.69, 9.17) is 16.8 Å². The Morgan fingerprint density at radius 2 is 1.56 bits per heavy atom. The van der Waals surface area contributed by atoms with Crippen LogP contribution in [0.25, 0.3) is 0 Å². The molecule has 2 aromatic rings. The predicted octanol–water partition coefficient (Wildman–Crippen LogP) is 3.40. The average molecular weight is 260 g/mol. The lowest BCUT2D eigenvalue weighted by atomic mass is 10.0. The molecule has 0 heterocycles. The van der Waals surface area contributed by atoms with Crippen LogP contribution in [0.15, 0.2) is 59.8 Å². The Bertz CT molecular complexity index is 577. The van der Waals surface area contributed by atoms with E-state index in [1.807, 2.05) is 6.07 Å². The first kappa shape index (κ1) is 12.3. The SMILES string of the molecule is O=C(C(=NO)c1ccc(Cl)cc1)c1ccccc1. The molecule has 2 rings (SSSR count). The van der Waals surface area contributed by atoms with Crippen LogP contribution in [0.2, 0.25) is 5.02 Å². The molecule has 0 aliphatic carbocycles. The lowest BCUT2D eigenvalue weighted by Gasteiger charge is -2.04. The number of halogens is 1. The van der Waals surface area contributed by atoms with Gasteiger partial charge in [-0.05, 0) is 12.1 Å². The zero-order chi connectivity index (χ0) is 13.0. The molecule has 0 saturated carbocycles. The Morgan fingerprint density at radius 1 is 0.944 bits per heavy atom. The summed E-state index contributed by atoms with van der Waals surface area (Å²) in [4.78, 5) is 12.1. The Balaban J connectivity index is 2.36. The molecule has 0 radical (unpaired) electrons. The van der Waals surface area contributed by atoms with E-state index in [-0.39, 0.29) is 11.5 Å². The number of carbonyl (C=O) groups is 1. The molecule has 0 atom stereocenters. The van der Waals surface area contributed by atoms with Crippen LogP contribution in [-0.4, -0.2) is 16.7 Å². The first-order valence-corrected chi connectivity index (χ1v) is 5.68. The maximum atomic E-state index is 12.1. The van der Waals surface area contributed by atoms with Gasteiger partial charge in [0.2, 0.25) is 5.78 Å². The molecule has 0 unspecified atom stereocenters. The first-order chi connectivity index (χ1) is 8.72. The third kappa shape index (κ3) is 2.57. The van der Waals surface area contributed by atoms with E-state index in [0.29, 0.717) is 16.1 Å². The number of hydrogen-bond acceptors (Lipinski definition) is 3. The van der Waals surface area contributed by atoms with Crippen LogP contribution in [0, 0.1) is 0 Å². The van der Waals surface area contributed by atoms with Gasteiger partial charge in [-0.2, -0.15) is 0 Å². The van der Waals surface area contributed by atoms with E-state index in [9.17, 15) is 4.79 Å². The average Bonchev–Trinajstić information content (AvgIpc) is 2.42. The summed E-state index contributed by atoms with van der Waals surface area (Å²) in [6.45, 7) is 0. The summed E-state index contributed by atoms with van der Waals surface area (Å²) in [6, 6.07) is 15.2. The van der Waals surface area contributed by atoms with Crippen molar-refractivity contribution in [1.82, 2.24) is 0 Å². The van der Waals surface area contributed by atoms with Crippen molar-refractivity contribution < 1.29 is 10.0 Å². The fraction of sp³-hybridized carbons (Fsp3) is 0. The van der Waals surface area contributed by atoms with Crippen molar-refractivity contribution in [3.05, 3.63) is 70.7 Å². The van der Waals surface area contributed by atoms with Crippen molar-refractivity contribution in [2.24, 2.45) is 5.16 Å². The molecule has 0 spiro atoms. The highest BCUT2D eigenvalue weighted by Crippen LogP contribution is 2.13. The predicted molar refractivity (Wildman–Crippen MR) is 70.5 cm³/mol. The zero-order valence-electron chi connectivity index (χ0n) is 9.38. The van der Waals surface area contributed by atoms with Gasteiger partial charge in [-0.3, -0.25) is 4.79 Å². The Hall–Kier alpha value is -2.13. The molecule has 0 amide bonds. The van der Waals surface area contributed by atoms with Gasteiger partial charge in [-0.25, -0.2) is 0 Å². The quantitative estimate of drug-likeness (QED) is 0.397. The summed E-state index contributed by atoms with van der Waals surface area (Å²) in [5.74, 6) is -0.333. The monoisotopic (exact) mass is 259 g/mol. The van der Waals surface area contributed by atoms with Crippen molar-refractivity contribution in [3.63, 3.8) is 0 Å². The van der Waals surface area contributed by atoms with Crippen LogP contribution in [0.5, 0.6) is 0 Å². The third-order valence-corrected chi connectivity index (χ3v) is 2.72. The van der Waals surface area contributed by atoms with Gasteiger partial charge in [-0.1, -0.05) is 59.2 Å². The minimum Gasteiger partial charge on any atom is -0.410 e. The number of Topliss-reactive ketones (excluding diaryl/α,β-unsaturated/α-hetero) is 1. The highest BCUT2D eigenvalue weighted by molar-refractivity contribution is 6.51. The van der Waals surface area contributed by atoms with Crippen molar-refractivity contribution in [1.29, 1.82) is 0 Å². The van der Waals surface area contributed by atoms with E-state index >= 15 is 0 Å². The van der Waals surface area contributed by atoms with Crippen molar-refractivity contribution in [3.8, 4) is 0 Å². The Labute approximate surface area is 109 Å². The van der Waals surface area contributed by atoms with Crippen molar-refractivity contribution in [2.75, 3.05) is 0 Å². The first-order valence-electron chi connectivity index (χ1n) is 5.30. The van der Waals surface area contributed by atoms with Gasteiger partial charge in [0.05, 0.1) is 0 Å². The van der Waals surface area contributed by atoms with Crippen LogP contribution in [-0.2, 0) is 0 Å². The lowest BCUT2D eigenvalue weighted by Crippen LogP contribution is -2.15. The summed E-state index contributed by atoms with van der Waals surface area (Å²) in [5, 5.41) is 12.7. The van der Waals surface area contributed by atoms with Crippen LogP contribution >= 0.6 is 11.6 Å². The van der Waals surface area contributed by atoms with Crippen molar-refractivity contribution >= 4 is 23.1 Å². The summed E-state index contributed by atoms with van der Waals surface area (Å²) in [7, 11) is 0. The molecule has 90 valence electrons. The van der Waals surface area contributed by atoms with Crippen LogP contribution in [0.4, 0.5) is 0 Å². The molecule has 0 saturated heterocycles. The van der Waals surface area contributed by atoms with Crippen LogP contribution in [0.1, 0.15) is 15.9 Å². The number of ketones is 1. The van der Waals surface area contributed by atoms with Gasteiger partial charge in [0.1, 0.15) is 0 Å². The highest BCUT2D eigenvalue weighted by Gasteiger charge is 2.16. The Morgan fingerprint density at radius 3 is 2.11 bits per heavy atom. The number of benzene rings is 2. The Kier molecular flexibility index (Phi) is 3.75. The second kappa shape index (κ2) is 5.47. The number of hydrogen-bond donors (Lipinski definition) is 1. The van der Waals surface area contributed by atoms with E-state index in [1.54, 1.807) is 48.5 Å². The maximum Gasteiger partial charge on any atom is 0.215 e. The molecular formula is C14H10ClNO2. The number of oxime groups is 1. The number of carbonyl (C=O) groups excluding carboxylic acids is 1. The fourth-order valence-electron chi connectivity index (χ4n) is 1.57. The summed E-state index contributed by atoms with van der Waals surface area (Å²) in [5.41, 5.74) is 0.994. The maximum absolute atomic E-state index is 12.1. The van der Waals surface area contributed by atoms with Gasteiger partial charge < -0.3 is 5.21 Å². The molecule has 1 N–H and O–H groups in total. The second-order valence-electron chi connectivity index (χ2n) is 3.65. The van der Waals surface area contributed by atoms with E-state index < -0.39 is 0 Å². The van der Waals surface area contributed by atoms with Gasteiger partial charge in [-0.15, -0.1) is 0 Å². The van der Waals surface area contributed by atoms with Crippen LogP contribution in [0.3, 0.4) is 0 Å². The van der Waals surface area contributed by atoms with Gasteiger partial charge >= 0.3 is 0 Å². The third-order valence-electron chi connectivity index (χ3n) is 2.47. The summed E-state index contributed by atoms with van der Waals surface area (Å²) >= 11 is 5.77. The number of rotatable bonds is 3. The van der Waals surface area contributed by atoms with E-state index in [1.165, 1.54) is 0 Å². The fourth-order valence-corrected chi connectivity index (χ4v) is 1.69. The topological polar surface area (TPSA) is 49.7 Å². The molecule has 18 heavy (non-hydrogen) atoms. The highest BCUT2D eigenvalue weighted by atomic mass is 35.5. The van der Waals surface area contributed by atoms with Gasteiger partial charge in [0, 0.05) is 16.1 Å². The molecule has 0 aliphatic heterocycles. The molecule has 3 nitrogen and oxygen atoms in total. The molecule has 0 fully saturated rings. The van der Waals surface area contributed by atoms with E-state index in [2.05, 4.69) is 5.16 Å². The molecule has 4 heteroatoms. The lowest BCUT2D eigenvalue weighted by molar-refractivity contribution is 0.106. The smallest absolute Gasteiger partial charge is 0.215 e. The number of nitrogens with zero attached hydrogens (tertiary/aromatic N) is 1. The summed E-state index contributed by atoms with van der Waals surface area (Å²) in [6.07, 6.45) is 0. The minimum absolute atomic E-state index is 0.00198. The molecule has 2 aromatic carbocycles. The largest absolute Gasteiger partial charge is 0.410 e. The van der Waals surface area contributed by atoms with Crippen molar-refractivity contribution in [2.45, 2.75) is 0 Å². The minimum atomic E-state index is -0.333. The zero-order valence-corrected chi connectivity index (χ0v) is 10.1. The second-order valence-corrected chi connectivity index (χ2v) is 4.09. The molecular weight excluding hydrogens is 250 g/mol. The van der Waals surface area contributed by atoms with Gasteiger partial charge in [0.25, 0.3) is 0 Å². The molecule has 0 aliphatic rings. The normalized spacial score (nSPS) is 11.3. The standard InChI is InChI=1S/C14H10ClNO2/c15-12-8-6-10(7-9-12)13(16-18)14(17)11-4-2-1-3-5-11/h1-9,18H. The van der Waals surface area contributed by atoms with Gasteiger partial charge in [0.15, 0.2) is 5.71 Å². The molecule has 0 aromatic heterocycles.